The summed E-state index contributed by atoms with van der Waals surface area (Å²) < 4.78 is 2.27. The van der Waals surface area contributed by atoms with Crippen molar-refractivity contribution in [3.63, 3.8) is 0 Å². The summed E-state index contributed by atoms with van der Waals surface area (Å²) in [6.07, 6.45) is 6.18. The molecule has 0 spiro atoms. The van der Waals surface area contributed by atoms with Crippen molar-refractivity contribution in [3.8, 4) is 0 Å². The normalized spacial score (nSPS) is 11.1. The molecule has 0 unspecified atom stereocenters. The van der Waals surface area contributed by atoms with E-state index < -0.39 is 0 Å². The molecule has 1 aromatic carbocycles. The first-order chi connectivity index (χ1) is 12.5. The molecule has 0 aliphatic carbocycles. The number of hydrogen-bond donors (Lipinski definition) is 0. The summed E-state index contributed by atoms with van der Waals surface area (Å²) in [4.78, 5) is 14.8. The highest BCUT2D eigenvalue weighted by Gasteiger charge is 2.16. The number of aromatic nitrogens is 1. The van der Waals surface area contributed by atoms with Crippen LogP contribution in [-0.4, -0.2) is 21.9 Å². The van der Waals surface area contributed by atoms with Gasteiger partial charge in [0.15, 0.2) is 0 Å². The van der Waals surface area contributed by atoms with Gasteiger partial charge in [-0.15, -0.1) is 0 Å². The molecule has 0 atom stereocenters. The minimum absolute atomic E-state index is 0.277. The maximum atomic E-state index is 12.7. The van der Waals surface area contributed by atoms with Gasteiger partial charge in [0.05, 0.1) is 6.54 Å². The smallest absolute Gasteiger partial charge is 0.223 e. The van der Waals surface area contributed by atoms with E-state index in [1.54, 1.807) is 0 Å². The van der Waals surface area contributed by atoms with E-state index in [-0.39, 0.29) is 5.91 Å². The number of nitrogens with zero attached hydrogens (tertiary/aromatic N) is 2. The summed E-state index contributed by atoms with van der Waals surface area (Å²) in [6.45, 7) is 11.0. The van der Waals surface area contributed by atoms with Gasteiger partial charge in [0.2, 0.25) is 5.91 Å². The molecule has 3 nitrogen and oxygen atoms in total. The molecular formula is C23H34N2O. The number of rotatable bonds is 10. The molecule has 0 bridgehead atoms. The molecule has 26 heavy (non-hydrogen) atoms. The highest BCUT2D eigenvalue weighted by molar-refractivity contribution is 5.76. The Labute approximate surface area is 159 Å². The lowest BCUT2D eigenvalue weighted by molar-refractivity contribution is -0.132. The van der Waals surface area contributed by atoms with Crippen LogP contribution >= 0.6 is 0 Å². The van der Waals surface area contributed by atoms with E-state index in [9.17, 15) is 4.79 Å². The molecule has 0 saturated heterocycles. The quantitative estimate of drug-likeness (QED) is 0.524. The zero-order valence-electron chi connectivity index (χ0n) is 16.9. The number of benzene rings is 1. The number of aryl methyl sites for hydroxylation is 1. The van der Waals surface area contributed by atoms with Crippen LogP contribution in [0.5, 0.6) is 0 Å². The number of carbonyl (C=O) groups excluding carboxylic acids is 1. The van der Waals surface area contributed by atoms with Crippen LogP contribution in [0.25, 0.3) is 0 Å². The number of unbranched alkanes of at least 4 members (excludes halogenated alkanes) is 2. The van der Waals surface area contributed by atoms with Gasteiger partial charge < -0.3 is 9.47 Å². The second-order valence-electron chi connectivity index (χ2n) is 7.74. The minimum Gasteiger partial charge on any atom is -0.345 e. The zero-order valence-corrected chi connectivity index (χ0v) is 16.9. The Hall–Kier alpha value is -2.03. The maximum Gasteiger partial charge on any atom is 0.223 e. The fourth-order valence-electron chi connectivity index (χ4n) is 3.27. The average molecular weight is 355 g/mol. The average Bonchev–Trinajstić information content (AvgIpc) is 3.00. The summed E-state index contributed by atoms with van der Waals surface area (Å²) in [7, 11) is 0. The number of carbonyl (C=O) groups is 1. The Balaban J connectivity index is 2.09. The molecule has 0 N–H and O–H groups in total. The van der Waals surface area contributed by atoms with Crippen molar-refractivity contribution >= 4 is 5.91 Å². The van der Waals surface area contributed by atoms with Crippen LogP contribution in [0.2, 0.25) is 0 Å². The van der Waals surface area contributed by atoms with Crippen molar-refractivity contribution in [2.24, 2.45) is 5.92 Å². The van der Waals surface area contributed by atoms with Crippen molar-refractivity contribution in [1.82, 2.24) is 9.47 Å². The lowest BCUT2D eigenvalue weighted by atomic mass is 10.1. The van der Waals surface area contributed by atoms with E-state index >= 15 is 0 Å². The fraction of sp³-hybridized carbons (Fsp3) is 0.522. The third-order valence-corrected chi connectivity index (χ3v) is 4.68. The van der Waals surface area contributed by atoms with E-state index in [0.29, 0.717) is 18.9 Å². The molecule has 2 aromatic rings. The van der Waals surface area contributed by atoms with Gasteiger partial charge in [-0.2, -0.15) is 0 Å². The largest absolute Gasteiger partial charge is 0.345 e. The summed E-state index contributed by atoms with van der Waals surface area (Å²) in [5, 5.41) is 0. The van der Waals surface area contributed by atoms with Crippen LogP contribution in [0.15, 0.2) is 42.6 Å². The van der Waals surface area contributed by atoms with Crippen LogP contribution in [0.1, 0.15) is 63.3 Å². The van der Waals surface area contributed by atoms with E-state index in [2.05, 4.69) is 79.8 Å². The first-order valence-corrected chi connectivity index (χ1v) is 9.97. The van der Waals surface area contributed by atoms with Gasteiger partial charge >= 0.3 is 0 Å². The first-order valence-electron chi connectivity index (χ1n) is 9.97. The Morgan fingerprint density at radius 1 is 1.15 bits per heavy atom. The van der Waals surface area contributed by atoms with Gasteiger partial charge in [-0.3, -0.25) is 4.79 Å². The second-order valence-corrected chi connectivity index (χ2v) is 7.74. The van der Waals surface area contributed by atoms with Crippen LogP contribution in [-0.2, 0) is 17.9 Å². The SMILES string of the molecule is CCCCCN(Cc1cccn1Cc1cccc(C)c1)C(=O)CC(C)C. The molecule has 2 rings (SSSR count). The first kappa shape index (κ1) is 20.3. The van der Waals surface area contributed by atoms with Crippen LogP contribution in [0.3, 0.4) is 0 Å². The Bertz CT molecular complexity index is 687. The molecule has 0 aliphatic rings. The number of hydrogen-bond acceptors (Lipinski definition) is 1. The minimum atomic E-state index is 0.277. The van der Waals surface area contributed by atoms with Gasteiger partial charge in [0.25, 0.3) is 0 Å². The van der Waals surface area contributed by atoms with Crippen LogP contribution < -0.4 is 0 Å². The van der Waals surface area contributed by atoms with Crippen LogP contribution in [0.4, 0.5) is 0 Å². The van der Waals surface area contributed by atoms with Crippen LogP contribution in [0, 0.1) is 12.8 Å². The van der Waals surface area contributed by atoms with E-state index in [4.69, 9.17) is 0 Å². The Morgan fingerprint density at radius 3 is 2.65 bits per heavy atom. The predicted molar refractivity (Wildman–Crippen MR) is 109 cm³/mol. The van der Waals surface area contributed by atoms with E-state index in [1.807, 2.05) is 0 Å². The molecule has 0 radical (unpaired) electrons. The van der Waals surface area contributed by atoms with Crippen molar-refractivity contribution in [1.29, 1.82) is 0 Å². The summed E-state index contributed by atoms with van der Waals surface area (Å²) in [5.41, 5.74) is 3.79. The molecule has 0 fully saturated rings. The van der Waals surface area contributed by atoms with E-state index in [0.717, 1.165) is 19.5 Å². The fourth-order valence-corrected chi connectivity index (χ4v) is 3.27. The molecule has 1 amide bonds. The molecule has 142 valence electrons. The summed E-state index contributed by atoms with van der Waals surface area (Å²) >= 11 is 0. The van der Waals surface area contributed by atoms with Crippen molar-refractivity contribution in [3.05, 3.63) is 59.4 Å². The molecule has 0 saturated carbocycles. The highest BCUT2D eigenvalue weighted by Crippen LogP contribution is 2.15. The topological polar surface area (TPSA) is 25.2 Å². The Kier molecular flexibility index (Phi) is 7.96. The number of amides is 1. The third-order valence-electron chi connectivity index (χ3n) is 4.68. The van der Waals surface area contributed by atoms with E-state index in [1.165, 1.54) is 29.7 Å². The Morgan fingerprint density at radius 2 is 1.96 bits per heavy atom. The van der Waals surface area contributed by atoms with Gasteiger partial charge in [0, 0.05) is 31.4 Å². The highest BCUT2D eigenvalue weighted by atomic mass is 16.2. The van der Waals surface area contributed by atoms with Gasteiger partial charge in [-0.05, 0) is 37.0 Å². The summed E-state index contributed by atoms with van der Waals surface area (Å²) in [5.74, 6) is 0.676. The zero-order chi connectivity index (χ0) is 18.9. The third kappa shape index (κ3) is 6.36. The molecular weight excluding hydrogens is 320 g/mol. The molecule has 3 heteroatoms. The van der Waals surface area contributed by atoms with Crippen molar-refractivity contribution in [2.75, 3.05) is 6.54 Å². The second kappa shape index (κ2) is 10.2. The molecule has 0 aliphatic heterocycles. The standard InChI is InChI=1S/C23H34N2O/c1-5-6-7-13-25(23(26)15-19(2)3)18-22-12-9-14-24(22)17-21-11-8-10-20(4)16-21/h8-12,14,16,19H,5-7,13,15,17-18H2,1-4H3. The van der Waals surface area contributed by atoms with Crippen molar-refractivity contribution in [2.45, 2.75) is 66.5 Å². The monoisotopic (exact) mass is 354 g/mol. The van der Waals surface area contributed by atoms with Gasteiger partial charge in [-0.25, -0.2) is 0 Å². The lowest BCUT2D eigenvalue weighted by Crippen LogP contribution is -2.33. The predicted octanol–water partition coefficient (Wildman–Crippen LogP) is 5.41. The van der Waals surface area contributed by atoms with Gasteiger partial charge in [-0.1, -0.05) is 63.4 Å². The molecule has 1 aromatic heterocycles. The lowest BCUT2D eigenvalue weighted by Gasteiger charge is -2.24. The molecule has 1 heterocycles. The van der Waals surface area contributed by atoms with Gasteiger partial charge in [0.1, 0.15) is 0 Å². The summed E-state index contributed by atoms with van der Waals surface area (Å²) in [6, 6.07) is 12.9. The maximum absolute atomic E-state index is 12.7. The van der Waals surface area contributed by atoms with Crippen molar-refractivity contribution < 1.29 is 4.79 Å².